The number of alkyl halides is 19. The molecule has 382 valence electrons. The summed E-state index contributed by atoms with van der Waals surface area (Å²) in [5.41, 5.74) is 0. The second kappa shape index (κ2) is 29.8. The minimum Gasteiger partial charge on any atom is -0.435 e. The zero-order valence-corrected chi connectivity index (χ0v) is 29.3. The van der Waals surface area contributed by atoms with Gasteiger partial charge in [-0.15, -0.1) is 4.94 Å². The van der Waals surface area contributed by atoms with E-state index in [-0.39, 0.29) is 0 Å². The van der Waals surface area contributed by atoms with Gasteiger partial charge in [-0.25, -0.2) is 27.0 Å². The van der Waals surface area contributed by atoms with Crippen molar-refractivity contribution < 1.29 is 187 Å². The van der Waals surface area contributed by atoms with Gasteiger partial charge in [-0.2, -0.15) is 117 Å². The molecule has 62 heavy (non-hydrogen) atoms. The van der Waals surface area contributed by atoms with Crippen LogP contribution in [0.25, 0.3) is 0 Å². The molecule has 0 saturated carbocycles. The van der Waals surface area contributed by atoms with E-state index in [4.69, 9.17) is 25.3 Å². The lowest BCUT2D eigenvalue weighted by molar-refractivity contribution is -0.513. The van der Waals surface area contributed by atoms with Crippen molar-refractivity contribution in [3.8, 4) is 0 Å². The van der Waals surface area contributed by atoms with Gasteiger partial charge in [-0.1, -0.05) is 23.3 Å². The maximum absolute atomic E-state index is 12.4. The van der Waals surface area contributed by atoms with E-state index >= 15 is 0 Å². The van der Waals surface area contributed by atoms with E-state index in [1.165, 1.54) is 0 Å². The molecule has 0 bridgehead atoms. The summed E-state index contributed by atoms with van der Waals surface area (Å²) in [6.07, 6.45) is -46.7. The third kappa shape index (κ3) is 65.7. The smallest absolute Gasteiger partial charge is 0.435 e. The molecular formula is C16H10F32O11S3. The van der Waals surface area contributed by atoms with Gasteiger partial charge in [0.25, 0.3) is 0 Å². The Morgan fingerprint density at radius 3 is 0.790 bits per heavy atom. The summed E-state index contributed by atoms with van der Waals surface area (Å²) in [6.45, 7) is -9.55. The van der Waals surface area contributed by atoms with E-state index in [2.05, 4.69) is 18.9 Å². The zero-order chi connectivity index (χ0) is 52.4. The van der Waals surface area contributed by atoms with E-state index in [0.717, 1.165) is 0 Å². The molecule has 0 atom stereocenters. The topological polar surface area (TPSA) is 149 Å². The largest absolute Gasteiger partial charge is 0.476 e. The molecule has 0 aliphatic carbocycles. The highest BCUT2D eigenvalue weighted by Gasteiger charge is 2.67. The van der Waals surface area contributed by atoms with E-state index < -0.39 is 132 Å². The molecule has 0 N–H and O–H groups in total. The number of rotatable bonds is 14. The first-order valence-electron chi connectivity index (χ1n) is 11.6. The van der Waals surface area contributed by atoms with Crippen molar-refractivity contribution in [3.05, 3.63) is 24.2 Å². The fraction of sp³-hybridized carbons (Fsp3) is 0.750. The van der Waals surface area contributed by atoms with Crippen LogP contribution in [0.1, 0.15) is 6.42 Å². The Bertz CT molecular complexity index is 1480. The zero-order valence-electron chi connectivity index (χ0n) is 26.8. The van der Waals surface area contributed by atoms with E-state index in [1.54, 1.807) is 0 Å². The Balaban J connectivity index is -0.000000122. The molecule has 0 amide bonds. The third-order valence-electron chi connectivity index (χ3n) is 2.60. The van der Waals surface area contributed by atoms with Crippen LogP contribution >= 0.6 is 0 Å². The molecular weight excluding hydrogens is 1070 g/mol. The summed E-state index contributed by atoms with van der Waals surface area (Å²) in [5.74, 6) is 0. The van der Waals surface area contributed by atoms with Crippen LogP contribution in [0.2, 0.25) is 0 Å². The first-order valence-corrected chi connectivity index (χ1v) is 15.4. The van der Waals surface area contributed by atoms with Crippen LogP contribution < -0.4 is 0 Å². The second-order valence-corrected chi connectivity index (χ2v) is 9.89. The van der Waals surface area contributed by atoms with E-state index in [1.807, 2.05) is 4.94 Å². The summed E-state index contributed by atoms with van der Waals surface area (Å²) < 4.78 is 418. The highest BCUT2D eigenvalue weighted by atomic mass is 32.3. The van der Waals surface area contributed by atoms with Crippen molar-refractivity contribution in [1.82, 2.24) is 0 Å². The summed E-state index contributed by atoms with van der Waals surface area (Å²) in [7, 11) is -17.0. The van der Waals surface area contributed by atoms with E-state index in [0.29, 0.717) is 0 Å². The lowest BCUT2D eigenvalue weighted by atomic mass is 10.4. The molecule has 0 unspecified atom stereocenters. The lowest BCUT2D eigenvalue weighted by Crippen LogP contribution is -2.52. The van der Waals surface area contributed by atoms with Gasteiger partial charge < -0.3 is 9.47 Å². The van der Waals surface area contributed by atoms with Crippen LogP contribution in [0.5, 0.6) is 0 Å². The Kier molecular flexibility index (Phi) is 35.1. The molecule has 0 aliphatic rings. The van der Waals surface area contributed by atoms with Crippen LogP contribution in [0.4, 0.5) is 138 Å². The Hall–Kier alpha value is -3.43. The molecule has 0 aromatic carbocycles. The molecule has 46 heteroatoms. The quantitative estimate of drug-likeness (QED) is 0.0930. The third-order valence-corrected chi connectivity index (χ3v) is 2.60. The number of hydrogen-bond donors (Lipinski definition) is 0. The van der Waals surface area contributed by atoms with Crippen molar-refractivity contribution in [3.63, 3.8) is 0 Å². The molecule has 0 fully saturated rings. The molecule has 0 radical (unpaired) electrons. The molecule has 0 heterocycles. The van der Waals surface area contributed by atoms with Crippen LogP contribution in [-0.4, -0.2) is 95.0 Å². The SMILES string of the molecule is FC(F)=C(F)OC(F)(F)CC(F)(F)F.FCC(F)(F)OC(F)(F)C(F)(F)OC(F)(F)CF.FCC(F)(F)OF.FCOC(F)=C(F)F.O=S(=O)(F)F.O=S(=O)(F)F.O=S(=O)(F)F. The predicted octanol–water partition coefficient (Wildman–Crippen LogP) is 10.8. The van der Waals surface area contributed by atoms with Crippen molar-refractivity contribution in [2.75, 3.05) is 26.9 Å². The summed E-state index contributed by atoms with van der Waals surface area (Å²) in [4.78, 5) is 1.88. The van der Waals surface area contributed by atoms with Gasteiger partial charge in [-0.3, -0.25) is 0 Å². The maximum atomic E-state index is 12.4. The first kappa shape index (κ1) is 73.0. The number of hydrogen-bond acceptors (Lipinski definition) is 11. The number of halogens is 32. The van der Waals surface area contributed by atoms with Crippen LogP contribution in [0.15, 0.2) is 24.2 Å². The van der Waals surface area contributed by atoms with Gasteiger partial charge in [0.1, 0.15) is 6.42 Å². The van der Waals surface area contributed by atoms with Gasteiger partial charge in [0.15, 0.2) is 20.0 Å². The van der Waals surface area contributed by atoms with Gasteiger partial charge in [0.05, 0.1) is 0 Å². The van der Waals surface area contributed by atoms with Crippen molar-refractivity contribution >= 4 is 31.8 Å². The molecule has 0 aromatic rings. The number of ether oxygens (including phenoxy) is 4. The first-order chi connectivity index (χ1) is 26.6. The summed E-state index contributed by atoms with van der Waals surface area (Å²) in [5, 5.41) is 0. The Morgan fingerprint density at radius 1 is 0.419 bits per heavy atom. The van der Waals surface area contributed by atoms with Crippen LogP contribution in [0, 0.1) is 0 Å². The fourth-order valence-electron chi connectivity index (χ4n) is 1.11. The van der Waals surface area contributed by atoms with Crippen LogP contribution in [-0.2, 0) is 55.7 Å². The minimum atomic E-state index is -6.30. The molecule has 0 saturated heterocycles. The highest BCUT2D eigenvalue weighted by Crippen LogP contribution is 2.43. The van der Waals surface area contributed by atoms with E-state index in [9.17, 15) is 138 Å². The van der Waals surface area contributed by atoms with Gasteiger partial charge in [-0.05, 0) is 4.53 Å². The summed E-state index contributed by atoms with van der Waals surface area (Å²) >= 11 is 0. The average molecular weight is 1080 g/mol. The van der Waals surface area contributed by atoms with Gasteiger partial charge >= 0.3 is 98.8 Å². The lowest BCUT2D eigenvalue weighted by Gasteiger charge is -2.29. The second-order valence-electron chi connectivity index (χ2n) is 7.62. The van der Waals surface area contributed by atoms with Gasteiger partial charge in [0, 0.05) is 0 Å². The highest BCUT2D eigenvalue weighted by molar-refractivity contribution is 7.81. The minimum absolute atomic E-state index is 1.58. The van der Waals surface area contributed by atoms with Crippen LogP contribution in [0.3, 0.4) is 0 Å². The summed E-state index contributed by atoms with van der Waals surface area (Å²) in [6, 6.07) is -5.19. The Morgan fingerprint density at radius 2 is 0.661 bits per heavy atom. The Labute approximate surface area is 319 Å². The predicted molar refractivity (Wildman–Crippen MR) is 125 cm³/mol. The van der Waals surface area contributed by atoms with Crippen molar-refractivity contribution in [2.24, 2.45) is 0 Å². The average Bonchev–Trinajstić information content (AvgIpc) is 2.97. The normalized spacial score (nSPS) is 12.5. The molecule has 0 aromatic heterocycles. The molecule has 0 aliphatic heterocycles. The molecule has 0 spiro atoms. The fourth-order valence-corrected chi connectivity index (χ4v) is 1.11. The van der Waals surface area contributed by atoms with Gasteiger partial charge in [0.2, 0.25) is 6.86 Å². The van der Waals surface area contributed by atoms with Crippen molar-refractivity contribution in [2.45, 2.75) is 49.2 Å². The molecule has 11 nitrogen and oxygen atoms in total. The standard InChI is InChI=1S/C6H4F10O2.C5H2F8O.C3H2F4O.C2H2F4O.3F2O2S/c7-1-3(9,10)17-5(13,14)6(15,16)18-4(11,12)2-8;6-2(7)3(8)14-5(12,13)1-4(9,10)11;4-1-8-3(7)2(5)6;3-1-2(4,5)7-6;3*1-5(2,3)4/h1-2H2;1H2;1H2;1H2;;;. The van der Waals surface area contributed by atoms with Crippen molar-refractivity contribution in [1.29, 1.82) is 0 Å². The molecule has 0 rings (SSSR count). The monoisotopic (exact) mass is 1080 g/mol. The maximum Gasteiger partial charge on any atom is 0.476 e.